The van der Waals surface area contributed by atoms with Gasteiger partial charge in [0.05, 0.1) is 23.5 Å². The molecule has 0 saturated carbocycles. The van der Waals surface area contributed by atoms with Gasteiger partial charge in [0.1, 0.15) is 10.5 Å². The van der Waals surface area contributed by atoms with Crippen LogP contribution in [-0.2, 0) is 44.0 Å². The Hall–Kier alpha value is -5.63. The molecule has 0 saturated heterocycles. The zero-order valence-electron chi connectivity index (χ0n) is 26.7. The van der Waals surface area contributed by atoms with Crippen LogP contribution in [0.15, 0.2) is 111 Å². The number of carbonyl (C=O) groups is 2. The summed E-state index contributed by atoms with van der Waals surface area (Å²) >= 11 is 0. The van der Waals surface area contributed by atoms with Crippen molar-refractivity contribution in [3.05, 3.63) is 135 Å². The smallest absolute Gasteiger partial charge is 0.440 e. The number of fused-ring (bicyclic) bond motifs is 2. The lowest BCUT2D eigenvalue weighted by Crippen LogP contribution is -2.43. The van der Waals surface area contributed by atoms with Gasteiger partial charge >= 0.3 is 12.1 Å². The molecule has 5 aromatic rings. The van der Waals surface area contributed by atoms with Crippen molar-refractivity contribution >= 4 is 44.4 Å². The predicted octanol–water partition coefficient (Wildman–Crippen LogP) is 6.58. The first-order valence-corrected chi connectivity index (χ1v) is 16.8. The first-order chi connectivity index (χ1) is 23.7. The van der Waals surface area contributed by atoms with Gasteiger partial charge in [-0.2, -0.15) is 21.6 Å². The van der Waals surface area contributed by atoms with Crippen molar-refractivity contribution in [3.63, 3.8) is 0 Å². The van der Waals surface area contributed by atoms with Crippen LogP contribution >= 0.6 is 0 Å². The van der Waals surface area contributed by atoms with Gasteiger partial charge in [0.25, 0.3) is 15.9 Å². The number of sulfonamides is 1. The second-order valence-electron chi connectivity index (χ2n) is 11.8. The molecule has 1 aliphatic heterocycles. The molecule has 0 fully saturated rings. The van der Waals surface area contributed by atoms with Gasteiger partial charge in [0, 0.05) is 24.7 Å². The number of nitrogens with one attached hydrogen (secondary N) is 1. The van der Waals surface area contributed by atoms with Gasteiger partial charge in [-0.25, -0.2) is 4.79 Å². The number of rotatable bonds is 8. The quantitative estimate of drug-likeness (QED) is 0.178. The fourth-order valence-electron chi connectivity index (χ4n) is 5.80. The van der Waals surface area contributed by atoms with Gasteiger partial charge < -0.3 is 19.5 Å². The maximum absolute atomic E-state index is 13.9. The highest BCUT2D eigenvalue weighted by atomic mass is 32.2. The van der Waals surface area contributed by atoms with E-state index in [0.29, 0.717) is 35.5 Å². The van der Waals surface area contributed by atoms with E-state index < -0.39 is 49.9 Å². The van der Waals surface area contributed by atoms with Gasteiger partial charge in [-0.05, 0) is 54.3 Å². The Morgan fingerprint density at radius 2 is 1.56 bits per heavy atom. The fraction of sp³-hybridized carbons (Fsp3) is 0.194. The molecule has 0 bridgehead atoms. The number of para-hydroxylation sites is 1. The molecule has 1 N–H and O–H groups in total. The van der Waals surface area contributed by atoms with Crippen LogP contribution in [0.5, 0.6) is 0 Å². The molecular weight excluding hydrogens is 675 g/mol. The highest BCUT2D eigenvalue weighted by Gasteiger charge is 2.46. The molecular formula is C36H30F3N3O7S. The van der Waals surface area contributed by atoms with Crippen molar-refractivity contribution in [2.45, 2.75) is 50.5 Å². The number of anilines is 2. The lowest BCUT2D eigenvalue weighted by molar-refractivity contribution is -0.222. The molecule has 1 aromatic heterocycles. The molecule has 258 valence electrons. The highest BCUT2D eigenvalue weighted by Crippen LogP contribution is 2.35. The summed E-state index contributed by atoms with van der Waals surface area (Å²) in [6, 6.07) is 24.8. The predicted molar refractivity (Wildman–Crippen MR) is 178 cm³/mol. The largest absolute Gasteiger partial charge is 0.493 e. The van der Waals surface area contributed by atoms with Crippen LogP contribution in [0.3, 0.4) is 0 Å². The third-order valence-corrected chi connectivity index (χ3v) is 9.79. The van der Waals surface area contributed by atoms with Crippen LogP contribution in [0.4, 0.5) is 24.7 Å². The van der Waals surface area contributed by atoms with Crippen molar-refractivity contribution < 1.29 is 40.4 Å². The molecule has 6 rings (SSSR count). The zero-order chi connectivity index (χ0) is 35.8. The molecule has 1 atom stereocenters. The molecule has 0 radical (unpaired) electrons. The Bertz CT molecular complexity index is 2250. The summed E-state index contributed by atoms with van der Waals surface area (Å²) in [5, 5.41) is 3.34. The summed E-state index contributed by atoms with van der Waals surface area (Å²) in [5.74, 6) is -3.97. The summed E-state index contributed by atoms with van der Waals surface area (Å²) in [7, 11) is -5.24. The van der Waals surface area contributed by atoms with Crippen molar-refractivity contribution in [2.75, 3.05) is 10.2 Å². The van der Waals surface area contributed by atoms with Crippen LogP contribution < -0.4 is 15.6 Å². The number of carbonyl (C=O) groups excluding carboxylic acids is 2. The van der Waals surface area contributed by atoms with Crippen molar-refractivity contribution in [1.29, 1.82) is 0 Å². The van der Waals surface area contributed by atoms with Gasteiger partial charge in [-0.15, -0.1) is 0 Å². The van der Waals surface area contributed by atoms with Crippen LogP contribution in [0, 0.1) is 6.92 Å². The Morgan fingerprint density at radius 1 is 0.940 bits per heavy atom. The number of halogens is 3. The number of hydrogen-bond acceptors (Lipinski definition) is 9. The molecule has 4 aromatic carbocycles. The first-order valence-electron chi connectivity index (χ1n) is 15.4. The molecule has 1 amide bonds. The maximum atomic E-state index is 13.9. The van der Waals surface area contributed by atoms with E-state index in [1.54, 1.807) is 44.2 Å². The van der Waals surface area contributed by atoms with E-state index >= 15 is 0 Å². The summed E-state index contributed by atoms with van der Waals surface area (Å²) in [6.45, 7) is 4.52. The molecule has 0 aliphatic carbocycles. The van der Waals surface area contributed by atoms with Gasteiger partial charge in [-0.3, -0.25) is 9.59 Å². The van der Waals surface area contributed by atoms with E-state index in [1.165, 1.54) is 36.4 Å². The Morgan fingerprint density at radius 3 is 2.22 bits per heavy atom. The minimum atomic E-state index is -5.60. The van der Waals surface area contributed by atoms with E-state index in [0.717, 1.165) is 17.2 Å². The average Bonchev–Trinajstić information content (AvgIpc) is 3.52. The summed E-state index contributed by atoms with van der Waals surface area (Å²) in [4.78, 5) is 44.0. The van der Waals surface area contributed by atoms with Gasteiger partial charge in [0.15, 0.2) is 5.43 Å². The van der Waals surface area contributed by atoms with Crippen LogP contribution in [0.25, 0.3) is 11.0 Å². The Kier molecular flexibility index (Phi) is 9.14. The normalized spacial score (nSPS) is 13.5. The van der Waals surface area contributed by atoms with Crippen LogP contribution in [0.2, 0.25) is 0 Å². The Balaban J connectivity index is 1.36. The Labute approximate surface area is 284 Å². The number of amides is 1. The second-order valence-corrected chi connectivity index (χ2v) is 13.6. The van der Waals surface area contributed by atoms with E-state index in [-0.39, 0.29) is 22.3 Å². The standard InChI is InChI=1S/C36H30F3N3O7S/c1-22-16-27(34-28(17-22)30(43)19-33(48-34)41-20-25-12-6-7-13-26(25)21-41)23(2)40-29-14-8-9-15-31(29)50(46,47)42(49-35(45)36(37,38)39)32(44)18-24-10-4-3-5-11-24/h3-17,19,23,40H,18,20-21H2,1-2H3. The van der Waals surface area contributed by atoms with Crippen LogP contribution in [-0.4, -0.2) is 30.9 Å². The molecule has 10 nitrogen and oxygen atoms in total. The number of benzene rings is 4. The van der Waals surface area contributed by atoms with E-state index in [4.69, 9.17) is 4.42 Å². The minimum absolute atomic E-state index is 0.122. The SMILES string of the molecule is Cc1cc(C(C)Nc2ccccc2S(=O)(=O)N(OC(=O)C(F)(F)F)C(=O)Cc2ccccc2)c2oc(N3Cc4ccccc4C3)cc(=O)c2c1. The third kappa shape index (κ3) is 6.92. The van der Waals surface area contributed by atoms with Gasteiger partial charge in [-0.1, -0.05) is 77.3 Å². The third-order valence-electron chi connectivity index (χ3n) is 8.16. The van der Waals surface area contributed by atoms with Crippen molar-refractivity contribution in [1.82, 2.24) is 4.47 Å². The number of nitrogens with zero attached hydrogens (tertiary/aromatic N) is 2. The fourth-order valence-corrected chi connectivity index (χ4v) is 7.13. The monoisotopic (exact) mass is 705 g/mol. The highest BCUT2D eigenvalue weighted by molar-refractivity contribution is 7.89. The lowest BCUT2D eigenvalue weighted by Gasteiger charge is -2.24. The average molecular weight is 706 g/mol. The number of hydroxylamine groups is 1. The first kappa shape index (κ1) is 34.2. The van der Waals surface area contributed by atoms with Gasteiger partial charge in [0.2, 0.25) is 5.88 Å². The second kappa shape index (κ2) is 13.3. The number of aryl methyl sites for hydroxylation is 1. The topological polar surface area (TPSA) is 126 Å². The molecule has 50 heavy (non-hydrogen) atoms. The minimum Gasteiger partial charge on any atom is -0.440 e. The molecule has 0 spiro atoms. The maximum Gasteiger partial charge on any atom is 0.493 e. The van der Waals surface area contributed by atoms with Crippen molar-refractivity contribution in [2.24, 2.45) is 0 Å². The summed E-state index contributed by atoms with van der Waals surface area (Å²) in [5.41, 5.74) is 3.53. The zero-order valence-corrected chi connectivity index (χ0v) is 27.5. The van der Waals surface area contributed by atoms with E-state index in [1.807, 2.05) is 29.2 Å². The summed E-state index contributed by atoms with van der Waals surface area (Å²) < 4.78 is 73.4. The number of alkyl halides is 3. The number of hydrogen-bond donors (Lipinski definition) is 1. The van der Waals surface area contributed by atoms with Crippen molar-refractivity contribution in [3.8, 4) is 0 Å². The van der Waals surface area contributed by atoms with E-state index in [2.05, 4.69) is 10.2 Å². The summed E-state index contributed by atoms with van der Waals surface area (Å²) in [6.07, 6.45) is -6.28. The molecule has 14 heteroatoms. The molecule has 2 heterocycles. The van der Waals surface area contributed by atoms with Crippen LogP contribution in [0.1, 0.15) is 40.8 Å². The van der Waals surface area contributed by atoms with E-state index in [9.17, 15) is 36.0 Å². The lowest BCUT2D eigenvalue weighted by atomic mass is 10.0. The molecule has 1 unspecified atom stereocenters. The molecule has 1 aliphatic rings.